The van der Waals surface area contributed by atoms with E-state index in [0.29, 0.717) is 17.1 Å². The molecule has 4 N–H and O–H groups in total. The average Bonchev–Trinajstić information content (AvgIpc) is 2.20. The Bertz CT molecular complexity index is 358. The van der Waals surface area contributed by atoms with Crippen LogP contribution in [0.4, 0.5) is 11.5 Å². The number of nitriles is 1. The van der Waals surface area contributed by atoms with E-state index in [1.807, 2.05) is 6.07 Å². The lowest BCUT2D eigenvalue weighted by atomic mass is 10.2. The minimum Gasteiger partial charge on any atom is -0.397 e. The van der Waals surface area contributed by atoms with Crippen LogP contribution >= 0.6 is 0 Å². The standard InChI is InChI=1S/C9H12N4O/c1-6(5-14)13-9-7(3-10)2-8(11)4-12-9/h2,4,6,14H,5,11H2,1H3,(H,12,13). The van der Waals surface area contributed by atoms with Crippen LogP contribution in [0, 0.1) is 11.3 Å². The van der Waals surface area contributed by atoms with E-state index < -0.39 is 0 Å². The summed E-state index contributed by atoms with van der Waals surface area (Å²) in [5.41, 5.74) is 6.30. The number of hydrogen-bond acceptors (Lipinski definition) is 5. The molecule has 1 rings (SSSR count). The zero-order valence-electron chi connectivity index (χ0n) is 7.86. The third-order valence-electron chi connectivity index (χ3n) is 1.69. The van der Waals surface area contributed by atoms with Crippen molar-refractivity contribution in [3.8, 4) is 6.07 Å². The van der Waals surface area contributed by atoms with E-state index in [2.05, 4.69) is 10.3 Å². The van der Waals surface area contributed by atoms with Gasteiger partial charge in [0.15, 0.2) is 0 Å². The van der Waals surface area contributed by atoms with Crippen LogP contribution in [0.25, 0.3) is 0 Å². The molecule has 74 valence electrons. The quantitative estimate of drug-likeness (QED) is 0.641. The minimum absolute atomic E-state index is 0.0169. The topological polar surface area (TPSA) is 95.0 Å². The van der Waals surface area contributed by atoms with Gasteiger partial charge in [-0.2, -0.15) is 5.26 Å². The smallest absolute Gasteiger partial charge is 0.144 e. The van der Waals surface area contributed by atoms with Crippen molar-refractivity contribution in [2.75, 3.05) is 17.7 Å². The maximum absolute atomic E-state index is 8.82. The van der Waals surface area contributed by atoms with Crippen LogP contribution in [-0.2, 0) is 0 Å². The van der Waals surface area contributed by atoms with Crippen molar-refractivity contribution < 1.29 is 5.11 Å². The van der Waals surface area contributed by atoms with Gasteiger partial charge in [-0.25, -0.2) is 4.98 Å². The van der Waals surface area contributed by atoms with Gasteiger partial charge < -0.3 is 16.2 Å². The number of rotatable bonds is 3. The predicted molar refractivity (Wildman–Crippen MR) is 53.5 cm³/mol. The van der Waals surface area contributed by atoms with E-state index in [4.69, 9.17) is 16.1 Å². The van der Waals surface area contributed by atoms with Crippen LogP contribution in [0.2, 0.25) is 0 Å². The molecule has 0 aliphatic rings. The van der Waals surface area contributed by atoms with Gasteiger partial charge in [-0.1, -0.05) is 0 Å². The van der Waals surface area contributed by atoms with Crippen molar-refractivity contribution in [1.82, 2.24) is 4.98 Å². The fraction of sp³-hybridized carbons (Fsp3) is 0.333. The lowest BCUT2D eigenvalue weighted by Gasteiger charge is -2.12. The van der Waals surface area contributed by atoms with Gasteiger partial charge in [0.2, 0.25) is 0 Å². The molecule has 0 saturated heterocycles. The van der Waals surface area contributed by atoms with Crippen molar-refractivity contribution >= 4 is 11.5 Å². The third kappa shape index (κ3) is 2.34. The van der Waals surface area contributed by atoms with Gasteiger partial charge in [0, 0.05) is 6.04 Å². The number of aliphatic hydroxyl groups is 1. The molecule has 0 bridgehead atoms. The lowest BCUT2D eigenvalue weighted by molar-refractivity contribution is 0.281. The summed E-state index contributed by atoms with van der Waals surface area (Å²) in [7, 11) is 0. The van der Waals surface area contributed by atoms with Crippen LogP contribution in [0.3, 0.4) is 0 Å². The number of nitrogens with zero attached hydrogens (tertiary/aromatic N) is 2. The highest BCUT2D eigenvalue weighted by Gasteiger charge is 2.06. The molecular weight excluding hydrogens is 180 g/mol. The highest BCUT2D eigenvalue weighted by atomic mass is 16.3. The molecule has 0 amide bonds. The second-order valence-electron chi connectivity index (χ2n) is 3.00. The van der Waals surface area contributed by atoms with Gasteiger partial charge in [-0.05, 0) is 13.0 Å². The molecule has 5 heteroatoms. The van der Waals surface area contributed by atoms with Crippen LogP contribution in [0.15, 0.2) is 12.3 Å². The van der Waals surface area contributed by atoms with E-state index in [1.165, 1.54) is 6.20 Å². The van der Waals surface area contributed by atoms with Crippen molar-refractivity contribution in [3.05, 3.63) is 17.8 Å². The average molecular weight is 192 g/mol. The van der Waals surface area contributed by atoms with Gasteiger partial charge >= 0.3 is 0 Å². The Labute approximate surface area is 82.2 Å². The van der Waals surface area contributed by atoms with E-state index in [-0.39, 0.29) is 12.6 Å². The van der Waals surface area contributed by atoms with Crippen molar-refractivity contribution in [2.45, 2.75) is 13.0 Å². The summed E-state index contributed by atoms with van der Waals surface area (Å²) < 4.78 is 0. The number of nitrogens with two attached hydrogens (primary N) is 1. The first-order valence-corrected chi connectivity index (χ1v) is 4.20. The fourth-order valence-electron chi connectivity index (χ4n) is 0.960. The highest BCUT2D eigenvalue weighted by Crippen LogP contribution is 2.14. The Morgan fingerprint density at radius 2 is 2.50 bits per heavy atom. The summed E-state index contributed by atoms with van der Waals surface area (Å²) >= 11 is 0. The van der Waals surface area contributed by atoms with E-state index in [1.54, 1.807) is 13.0 Å². The molecule has 14 heavy (non-hydrogen) atoms. The van der Waals surface area contributed by atoms with Gasteiger partial charge in [0.05, 0.1) is 24.1 Å². The van der Waals surface area contributed by atoms with E-state index >= 15 is 0 Å². The van der Waals surface area contributed by atoms with Crippen LogP contribution in [0.5, 0.6) is 0 Å². The largest absolute Gasteiger partial charge is 0.397 e. The molecule has 0 radical (unpaired) electrons. The maximum Gasteiger partial charge on any atom is 0.144 e. The SMILES string of the molecule is CC(CO)Nc1ncc(N)cc1C#N. The van der Waals surface area contributed by atoms with Crippen LogP contribution in [-0.4, -0.2) is 22.7 Å². The maximum atomic E-state index is 8.82. The van der Waals surface area contributed by atoms with Gasteiger partial charge in [0.1, 0.15) is 11.9 Å². The molecular formula is C9H12N4O. The minimum atomic E-state index is -0.141. The van der Waals surface area contributed by atoms with Crippen LogP contribution in [0.1, 0.15) is 12.5 Å². The van der Waals surface area contributed by atoms with Gasteiger partial charge in [0.25, 0.3) is 0 Å². The van der Waals surface area contributed by atoms with E-state index in [0.717, 1.165) is 0 Å². The van der Waals surface area contributed by atoms with Gasteiger partial charge in [-0.3, -0.25) is 0 Å². The first-order valence-electron chi connectivity index (χ1n) is 4.20. The Kier molecular flexibility index (Phi) is 3.26. The summed E-state index contributed by atoms with van der Waals surface area (Å²) in [6.07, 6.45) is 1.47. The fourth-order valence-corrected chi connectivity index (χ4v) is 0.960. The molecule has 1 aromatic rings. The normalized spacial score (nSPS) is 11.8. The number of aromatic nitrogens is 1. The molecule has 0 spiro atoms. The molecule has 1 aromatic heterocycles. The molecule has 0 fully saturated rings. The monoisotopic (exact) mass is 192 g/mol. The number of hydrogen-bond donors (Lipinski definition) is 3. The van der Waals surface area contributed by atoms with Crippen LogP contribution < -0.4 is 11.1 Å². The zero-order valence-corrected chi connectivity index (χ0v) is 7.86. The Morgan fingerprint density at radius 3 is 3.07 bits per heavy atom. The summed E-state index contributed by atoms with van der Waals surface area (Å²) in [5.74, 6) is 0.447. The molecule has 1 atom stereocenters. The summed E-state index contributed by atoms with van der Waals surface area (Å²) in [6.45, 7) is 1.77. The Hall–Kier alpha value is -1.80. The molecule has 0 aromatic carbocycles. The number of pyridine rings is 1. The first-order chi connectivity index (χ1) is 6.67. The first kappa shape index (κ1) is 10.3. The van der Waals surface area contributed by atoms with E-state index in [9.17, 15) is 0 Å². The number of nitrogens with one attached hydrogen (secondary N) is 1. The molecule has 0 saturated carbocycles. The number of nitrogen functional groups attached to an aromatic ring is 1. The molecule has 1 heterocycles. The predicted octanol–water partition coefficient (Wildman–Crippen LogP) is 0.328. The van der Waals surface area contributed by atoms with Crippen molar-refractivity contribution in [3.63, 3.8) is 0 Å². The summed E-state index contributed by atoms with van der Waals surface area (Å²) in [6, 6.07) is 3.38. The summed E-state index contributed by atoms with van der Waals surface area (Å²) in [4.78, 5) is 3.97. The second kappa shape index (κ2) is 4.44. The highest BCUT2D eigenvalue weighted by molar-refractivity contribution is 5.57. The molecule has 5 nitrogen and oxygen atoms in total. The zero-order chi connectivity index (χ0) is 10.6. The number of anilines is 2. The third-order valence-corrected chi connectivity index (χ3v) is 1.69. The van der Waals surface area contributed by atoms with Gasteiger partial charge in [-0.15, -0.1) is 0 Å². The lowest BCUT2D eigenvalue weighted by Crippen LogP contribution is -2.20. The van der Waals surface area contributed by atoms with Crippen molar-refractivity contribution in [2.24, 2.45) is 0 Å². The molecule has 0 aliphatic carbocycles. The Morgan fingerprint density at radius 1 is 1.79 bits per heavy atom. The molecule has 0 aliphatic heterocycles. The Balaban J connectivity index is 2.92. The molecule has 1 unspecified atom stereocenters. The number of aliphatic hydroxyl groups excluding tert-OH is 1. The van der Waals surface area contributed by atoms with Crippen molar-refractivity contribution in [1.29, 1.82) is 5.26 Å². The second-order valence-corrected chi connectivity index (χ2v) is 3.00. The summed E-state index contributed by atoms with van der Waals surface area (Å²) in [5, 5.41) is 20.5.